The summed E-state index contributed by atoms with van der Waals surface area (Å²) in [5.74, 6) is -1.65. The molecule has 0 atom stereocenters. The molecule has 194 valence electrons. The minimum atomic E-state index is -3.76. The van der Waals surface area contributed by atoms with Crippen molar-refractivity contribution in [2.45, 2.75) is 37.6 Å². The van der Waals surface area contributed by atoms with Crippen molar-refractivity contribution in [3.63, 3.8) is 0 Å². The molecule has 0 aliphatic carbocycles. The third kappa shape index (κ3) is 5.17. The summed E-state index contributed by atoms with van der Waals surface area (Å²) in [6, 6.07) is 5.67. The number of nitrogens with two attached hydrogens (primary N) is 1. The number of rotatable bonds is 7. The predicted octanol–water partition coefficient (Wildman–Crippen LogP) is 2.05. The van der Waals surface area contributed by atoms with E-state index in [9.17, 15) is 22.8 Å². The van der Waals surface area contributed by atoms with Crippen LogP contribution in [0, 0.1) is 5.92 Å². The van der Waals surface area contributed by atoms with Crippen LogP contribution >= 0.6 is 11.3 Å². The number of ether oxygens (including phenoxy) is 1. The molecular weight excluding hydrogens is 504 g/mol. The molecule has 10 nitrogen and oxygen atoms in total. The van der Waals surface area contributed by atoms with E-state index < -0.39 is 21.8 Å². The maximum Gasteiger partial charge on any atom is 0.308 e. The van der Waals surface area contributed by atoms with Crippen LogP contribution < -0.4 is 11.1 Å². The van der Waals surface area contributed by atoms with Crippen molar-refractivity contribution in [1.82, 2.24) is 9.21 Å². The molecule has 1 fully saturated rings. The lowest BCUT2D eigenvalue weighted by Gasteiger charge is -2.29. The maximum absolute atomic E-state index is 13.0. The Labute approximate surface area is 214 Å². The number of esters is 1. The minimum absolute atomic E-state index is 0.0691. The van der Waals surface area contributed by atoms with Gasteiger partial charge >= 0.3 is 5.97 Å². The number of sulfonamides is 1. The molecule has 3 heterocycles. The summed E-state index contributed by atoms with van der Waals surface area (Å²) in [5, 5.41) is 3.21. The van der Waals surface area contributed by atoms with Crippen molar-refractivity contribution >= 4 is 44.1 Å². The van der Waals surface area contributed by atoms with Gasteiger partial charge in [-0.3, -0.25) is 19.3 Å². The van der Waals surface area contributed by atoms with E-state index in [0.29, 0.717) is 36.4 Å². The van der Waals surface area contributed by atoms with E-state index >= 15 is 0 Å². The van der Waals surface area contributed by atoms with Gasteiger partial charge in [0.2, 0.25) is 10.0 Å². The number of anilines is 1. The predicted molar refractivity (Wildman–Crippen MR) is 135 cm³/mol. The Balaban J connectivity index is 1.47. The number of nitrogens with zero attached hydrogens (tertiary/aromatic N) is 2. The summed E-state index contributed by atoms with van der Waals surface area (Å²) in [7, 11) is -2.44. The van der Waals surface area contributed by atoms with Crippen LogP contribution in [0.4, 0.5) is 5.00 Å². The third-order valence-corrected chi connectivity index (χ3v) is 9.84. The van der Waals surface area contributed by atoms with Crippen LogP contribution in [0.1, 0.15) is 50.9 Å². The van der Waals surface area contributed by atoms with Gasteiger partial charge in [0.25, 0.3) is 11.8 Å². The lowest BCUT2D eigenvalue weighted by Crippen LogP contribution is -2.40. The zero-order valence-electron chi connectivity index (χ0n) is 20.3. The fraction of sp³-hybridized carbons (Fsp3) is 0.458. The average molecular weight is 535 g/mol. The van der Waals surface area contributed by atoms with Gasteiger partial charge in [-0.1, -0.05) is 6.92 Å². The van der Waals surface area contributed by atoms with E-state index in [1.807, 2.05) is 0 Å². The van der Waals surface area contributed by atoms with Crippen LogP contribution in [-0.4, -0.2) is 68.7 Å². The number of benzene rings is 1. The first kappa shape index (κ1) is 26.3. The molecule has 36 heavy (non-hydrogen) atoms. The fourth-order valence-electron chi connectivity index (χ4n) is 4.68. The Kier molecular flexibility index (Phi) is 7.79. The number of primary amides is 1. The molecule has 2 aromatic rings. The second-order valence-corrected chi connectivity index (χ2v) is 11.9. The molecule has 12 heteroatoms. The van der Waals surface area contributed by atoms with Crippen molar-refractivity contribution in [2.24, 2.45) is 11.7 Å². The molecule has 1 aromatic carbocycles. The number of carbonyl (C=O) groups excluding carboxylic acids is 3. The second kappa shape index (κ2) is 10.7. The molecule has 0 spiro atoms. The van der Waals surface area contributed by atoms with Gasteiger partial charge in [0.1, 0.15) is 5.00 Å². The zero-order chi connectivity index (χ0) is 26.0. The van der Waals surface area contributed by atoms with Crippen molar-refractivity contribution in [3.8, 4) is 0 Å². The van der Waals surface area contributed by atoms with Crippen LogP contribution in [-0.2, 0) is 32.5 Å². The second-order valence-electron chi connectivity index (χ2n) is 8.87. The monoisotopic (exact) mass is 534 g/mol. The molecule has 0 radical (unpaired) electrons. The molecule has 2 amide bonds. The van der Waals surface area contributed by atoms with Crippen LogP contribution in [0.3, 0.4) is 0 Å². The summed E-state index contributed by atoms with van der Waals surface area (Å²) in [6.45, 7) is 4.94. The number of likely N-dealkylation sites (N-methyl/N-ethyl adjacent to an activating group) is 1. The SMILES string of the molecule is CCN1CCc2c(sc(NC(=O)c3ccc(S(=O)(=O)N4CCC(C(=O)OC)CC4)cc3)c2C(N)=O)C1. The van der Waals surface area contributed by atoms with Gasteiger partial charge in [-0.25, -0.2) is 8.42 Å². The summed E-state index contributed by atoms with van der Waals surface area (Å²) in [4.78, 5) is 40.2. The topological polar surface area (TPSA) is 139 Å². The quantitative estimate of drug-likeness (QED) is 0.518. The maximum atomic E-state index is 13.0. The van der Waals surface area contributed by atoms with Gasteiger partial charge in [-0.2, -0.15) is 4.31 Å². The molecule has 1 saturated heterocycles. The number of fused-ring (bicyclic) bond motifs is 1. The average Bonchev–Trinajstić information content (AvgIpc) is 3.25. The molecular formula is C24H30N4O6S2. The highest BCUT2D eigenvalue weighted by molar-refractivity contribution is 7.89. The van der Waals surface area contributed by atoms with Crippen molar-refractivity contribution in [2.75, 3.05) is 38.6 Å². The number of hydrogen-bond donors (Lipinski definition) is 2. The number of hydrogen-bond acceptors (Lipinski definition) is 8. The number of carbonyl (C=O) groups is 3. The highest BCUT2D eigenvalue weighted by Crippen LogP contribution is 2.37. The van der Waals surface area contributed by atoms with E-state index in [4.69, 9.17) is 10.5 Å². The summed E-state index contributed by atoms with van der Waals surface area (Å²) in [6.07, 6.45) is 1.49. The van der Waals surface area contributed by atoms with E-state index in [1.165, 1.54) is 47.0 Å². The number of nitrogens with one attached hydrogen (secondary N) is 1. The molecule has 3 N–H and O–H groups in total. The Bertz CT molecular complexity index is 1260. The van der Waals surface area contributed by atoms with E-state index in [0.717, 1.165) is 23.5 Å². The normalized spacial score (nSPS) is 17.4. The zero-order valence-corrected chi connectivity index (χ0v) is 21.9. The molecule has 0 unspecified atom stereocenters. The highest BCUT2D eigenvalue weighted by Gasteiger charge is 2.33. The molecule has 0 bridgehead atoms. The Hall–Kier alpha value is -2.80. The number of methoxy groups -OCH3 is 1. The van der Waals surface area contributed by atoms with E-state index in [2.05, 4.69) is 17.1 Å². The van der Waals surface area contributed by atoms with Gasteiger partial charge in [0, 0.05) is 36.6 Å². The number of amides is 2. The molecule has 1 aromatic heterocycles. The smallest absolute Gasteiger partial charge is 0.308 e. The van der Waals surface area contributed by atoms with Crippen molar-refractivity contribution in [1.29, 1.82) is 0 Å². The van der Waals surface area contributed by atoms with Crippen LogP contribution in [0.2, 0.25) is 0 Å². The summed E-state index contributed by atoms with van der Waals surface area (Å²) in [5.41, 5.74) is 7.15. The molecule has 0 saturated carbocycles. The van der Waals surface area contributed by atoms with Crippen LogP contribution in [0.15, 0.2) is 29.2 Å². The van der Waals surface area contributed by atoms with Crippen molar-refractivity contribution in [3.05, 3.63) is 45.8 Å². The Morgan fingerprint density at radius 3 is 2.39 bits per heavy atom. The lowest BCUT2D eigenvalue weighted by atomic mass is 9.99. The van der Waals surface area contributed by atoms with Gasteiger partial charge < -0.3 is 15.8 Å². The lowest BCUT2D eigenvalue weighted by molar-refractivity contribution is -0.146. The first-order valence-corrected chi connectivity index (χ1v) is 14.1. The van der Waals surface area contributed by atoms with Gasteiger partial charge in [0.15, 0.2) is 0 Å². The van der Waals surface area contributed by atoms with Crippen LogP contribution in [0.25, 0.3) is 0 Å². The molecule has 4 rings (SSSR count). The highest BCUT2D eigenvalue weighted by atomic mass is 32.2. The number of piperidine rings is 1. The summed E-state index contributed by atoms with van der Waals surface area (Å²) >= 11 is 1.35. The minimum Gasteiger partial charge on any atom is -0.469 e. The molecule has 2 aliphatic rings. The van der Waals surface area contributed by atoms with Gasteiger partial charge in [-0.15, -0.1) is 11.3 Å². The largest absolute Gasteiger partial charge is 0.469 e. The summed E-state index contributed by atoms with van der Waals surface area (Å²) < 4.78 is 32.2. The van der Waals surface area contributed by atoms with E-state index in [-0.39, 0.29) is 35.4 Å². The first-order chi connectivity index (χ1) is 17.1. The fourth-order valence-corrected chi connectivity index (χ4v) is 7.44. The van der Waals surface area contributed by atoms with Crippen molar-refractivity contribution < 1.29 is 27.5 Å². The van der Waals surface area contributed by atoms with E-state index in [1.54, 1.807) is 0 Å². The van der Waals surface area contributed by atoms with Gasteiger partial charge in [-0.05, 0) is 55.6 Å². The van der Waals surface area contributed by atoms with Gasteiger partial charge in [0.05, 0.1) is 23.5 Å². The Morgan fingerprint density at radius 1 is 1.14 bits per heavy atom. The molecule has 2 aliphatic heterocycles. The third-order valence-electron chi connectivity index (χ3n) is 6.80. The Morgan fingerprint density at radius 2 is 1.81 bits per heavy atom. The number of thiophene rings is 1. The van der Waals surface area contributed by atoms with Crippen LogP contribution in [0.5, 0.6) is 0 Å². The standard InChI is InChI=1S/C24H30N4O6S2/c1-3-27-11-10-18-19(14-27)35-23(20(18)21(25)29)26-22(30)15-4-6-17(7-5-15)36(32,33)28-12-8-16(9-13-28)24(31)34-2/h4-7,16H,3,8-14H2,1-2H3,(H2,25,29)(H,26,30). The first-order valence-electron chi connectivity index (χ1n) is 11.8.